The largest absolute Gasteiger partial charge is 0.473 e. The van der Waals surface area contributed by atoms with Crippen LogP contribution in [0, 0.1) is 0 Å². The van der Waals surface area contributed by atoms with Crippen LogP contribution in [0.3, 0.4) is 0 Å². The molecule has 3 aromatic rings. The lowest BCUT2D eigenvalue weighted by atomic mass is 10.0. The van der Waals surface area contributed by atoms with Crippen molar-refractivity contribution in [2.75, 3.05) is 0 Å². The van der Waals surface area contributed by atoms with Crippen LogP contribution in [-0.2, 0) is 4.74 Å². The SMILES string of the molecule is CC(C)(C)OC(=O)N1[C@@H]2CC[C@H]1CC(Oc1ccc(-c3ccc(Cl)c4ncsc34)nn1)C2. The summed E-state index contributed by atoms with van der Waals surface area (Å²) in [6, 6.07) is 7.83. The smallest absolute Gasteiger partial charge is 0.410 e. The number of rotatable bonds is 3. The van der Waals surface area contributed by atoms with E-state index >= 15 is 0 Å². The Balaban J connectivity index is 1.27. The van der Waals surface area contributed by atoms with E-state index in [1.54, 1.807) is 5.51 Å². The van der Waals surface area contributed by atoms with Crippen LogP contribution in [0.4, 0.5) is 4.79 Å². The molecule has 168 valence electrons. The number of nitrogens with zero attached hydrogens (tertiary/aromatic N) is 4. The molecule has 5 rings (SSSR count). The highest BCUT2D eigenvalue weighted by Gasteiger charge is 2.45. The zero-order valence-corrected chi connectivity index (χ0v) is 19.8. The molecule has 32 heavy (non-hydrogen) atoms. The lowest BCUT2D eigenvalue weighted by Gasteiger charge is -2.39. The molecule has 0 N–H and O–H groups in total. The first-order valence-corrected chi connectivity index (χ1v) is 12.1. The van der Waals surface area contributed by atoms with Gasteiger partial charge in [-0.15, -0.1) is 21.5 Å². The normalized spacial score (nSPS) is 22.9. The summed E-state index contributed by atoms with van der Waals surface area (Å²) in [6.45, 7) is 5.69. The van der Waals surface area contributed by atoms with Gasteiger partial charge in [0.25, 0.3) is 0 Å². The van der Waals surface area contributed by atoms with Gasteiger partial charge in [-0.05, 0) is 51.8 Å². The zero-order chi connectivity index (χ0) is 22.5. The van der Waals surface area contributed by atoms with Gasteiger partial charge in [0.05, 0.1) is 20.9 Å². The van der Waals surface area contributed by atoms with Gasteiger partial charge in [-0.3, -0.25) is 0 Å². The monoisotopic (exact) mass is 472 g/mol. The number of carbonyl (C=O) groups is 1. The standard InChI is InChI=1S/C23H25ClN4O3S/c1-23(2,3)31-22(29)28-13-4-5-14(28)11-15(10-13)30-19-9-8-18(26-27-19)16-6-7-17(24)20-21(16)32-12-25-20/h6-9,12-15H,4-5,10-11H2,1-3H3/t13-,14+,15?. The molecule has 2 bridgehead atoms. The molecule has 2 aliphatic rings. The van der Waals surface area contributed by atoms with Crippen LogP contribution in [0.2, 0.25) is 5.02 Å². The Kier molecular flexibility index (Phi) is 5.45. The summed E-state index contributed by atoms with van der Waals surface area (Å²) in [4.78, 5) is 18.9. The van der Waals surface area contributed by atoms with Crippen LogP contribution < -0.4 is 4.74 Å². The zero-order valence-electron chi connectivity index (χ0n) is 18.2. The number of fused-ring (bicyclic) bond motifs is 3. The fraction of sp³-hybridized carbons (Fsp3) is 0.478. The number of hydrogen-bond donors (Lipinski definition) is 0. The van der Waals surface area contributed by atoms with Crippen molar-refractivity contribution in [3.63, 3.8) is 0 Å². The van der Waals surface area contributed by atoms with E-state index in [1.165, 1.54) is 11.3 Å². The molecular formula is C23H25ClN4O3S. The molecular weight excluding hydrogens is 448 g/mol. The minimum absolute atomic E-state index is 0.00933. The van der Waals surface area contributed by atoms with Crippen molar-refractivity contribution < 1.29 is 14.3 Å². The van der Waals surface area contributed by atoms with Gasteiger partial charge in [0.15, 0.2) is 0 Å². The number of halogens is 1. The van der Waals surface area contributed by atoms with Crippen LogP contribution in [0.25, 0.3) is 21.5 Å². The first-order chi connectivity index (χ1) is 15.3. The Morgan fingerprint density at radius 1 is 1.12 bits per heavy atom. The summed E-state index contributed by atoms with van der Waals surface area (Å²) in [5, 5.41) is 9.33. The fourth-order valence-corrected chi connectivity index (χ4v) is 5.75. The van der Waals surface area contributed by atoms with Gasteiger partial charge in [0.2, 0.25) is 5.88 Å². The Morgan fingerprint density at radius 2 is 1.88 bits per heavy atom. The molecule has 2 saturated heterocycles. The van der Waals surface area contributed by atoms with Crippen molar-refractivity contribution in [2.45, 2.75) is 70.2 Å². The second-order valence-electron chi connectivity index (χ2n) is 9.37. The molecule has 1 amide bonds. The highest BCUT2D eigenvalue weighted by Crippen LogP contribution is 2.38. The van der Waals surface area contributed by atoms with E-state index in [-0.39, 0.29) is 24.3 Å². The second-order valence-corrected chi connectivity index (χ2v) is 10.6. The molecule has 2 fully saturated rings. The third-order valence-corrected chi connectivity index (χ3v) is 7.10. The first-order valence-electron chi connectivity index (χ1n) is 10.8. The van der Waals surface area contributed by atoms with E-state index in [0.29, 0.717) is 10.9 Å². The molecule has 7 nitrogen and oxygen atoms in total. The molecule has 9 heteroatoms. The van der Waals surface area contributed by atoms with Gasteiger partial charge in [-0.2, -0.15) is 0 Å². The molecule has 0 spiro atoms. The Morgan fingerprint density at radius 3 is 2.53 bits per heavy atom. The van der Waals surface area contributed by atoms with Crippen molar-refractivity contribution in [2.24, 2.45) is 0 Å². The van der Waals surface area contributed by atoms with Gasteiger partial charge in [-0.1, -0.05) is 11.6 Å². The average Bonchev–Trinajstić information content (AvgIpc) is 3.32. The maximum absolute atomic E-state index is 12.6. The van der Waals surface area contributed by atoms with E-state index < -0.39 is 5.60 Å². The molecule has 1 unspecified atom stereocenters. The number of aromatic nitrogens is 3. The maximum Gasteiger partial charge on any atom is 0.410 e. The Hall–Kier alpha value is -2.45. The van der Waals surface area contributed by atoms with Crippen LogP contribution >= 0.6 is 22.9 Å². The highest BCUT2D eigenvalue weighted by atomic mass is 35.5. The Bertz CT molecular complexity index is 1130. The number of amides is 1. The number of benzene rings is 1. The molecule has 1 aromatic carbocycles. The number of hydrogen-bond acceptors (Lipinski definition) is 7. The van der Waals surface area contributed by atoms with Crippen molar-refractivity contribution in [1.82, 2.24) is 20.1 Å². The minimum atomic E-state index is -0.490. The quantitative estimate of drug-likeness (QED) is 0.485. The van der Waals surface area contributed by atoms with Crippen LogP contribution in [0.5, 0.6) is 5.88 Å². The highest BCUT2D eigenvalue weighted by molar-refractivity contribution is 7.17. The summed E-state index contributed by atoms with van der Waals surface area (Å²) < 4.78 is 12.8. The molecule has 3 atom stereocenters. The first kappa shape index (κ1) is 21.4. The number of carbonyl (C=O) groups excluding carboxylic acids is 1. The van der Waals surface area contributed by atoms with E-state index in [2.05, 4.69) is 15.2 Å². The average molecular weight is 473 g/mol. The van der Waals surface area contributed by atoms with Crippen molar-refractivity contribution in [3.8, 4) is 17.1 Å². The third-order valence-electron chi connectivity index (χ3n) is 5.93. The molecule has 4 heterocycles. The van der Waals surface area contributed by atoms with Crippen molar-refractivity contribution >= 4 is 39.2 Å². The minimum Gasteiger partial charge on any atom is -0.473 e. The van der Waals surface area contributed by atoms with E-state index in [9.17, 15) is 4.79 Å². The van der Waals surface area contributed by atoms with Crippen molar-refractivity contribution in [3.05, 3.63) is 34.8 Å². The lowest BCUT2D eigenvalue weighted by molar-refractivity contribution is -0.00770. The van der Waals surface area contributed by atoms with Crippen LogP contribution in [0.1, 0.15) is 46.5 Å². The predicted molar refractivity (Wildman–Crippen MR) is 124 cm³/mol. The summed E-state index contributed by atoms with van der Waals surface area (Å²) in [7, 11) is 0. The van der Waals surface area contributed by atoms with Gasteiger partial charge >= 0.3 is 6.09 Å². The van der Waals surface area contributed by atoms with Gasteiger partial charge < -0.3 is 14.4 Å². The third kappa shape index (κ3) is 4.13. The molecule has 2 aliphatic heterocycles. The Labute approximate surface area is 195 Å². The lowest BCUT2D eigenvalue weighted by Crippen LogP contribution is -2.50. The van der Waals surface area contributed by atoms with Gasteiger partial charge in [0.1, 0.15) is 17.2 Å². The topological polar surface area (TPSA) is 77.4 Å². The molecule has 2 aromatic heterocycles. The molecule has 0 saturated carbocycles. The van der Waals surface area contributed by atoms with E-state index in [4.69, 9.17) is 21.1 Å². The van der Waals surface area contributed by atoms with Gasteiger partial charge in [0, 0.05) is 36.6 Å². The molecule has 0 radical (unpaired) electrons. The summed E-state index contributed by atoms with van der Waals surface area (Å²) in [5.74, 6) is 0.499. The number of thiazole rings is 1. The van der Waals surface area contributed by atoms with Crippen LogP contribution in [0.15, 0.2) is 29.8 Å². The predicted octanol–water partition coefficient (Wildman–Crippen LogP) is 5.72. The number of ether oxygens (including phenoxy) is 2. The van der Waals surface area contributed by atoms with E-state index in [0.717, 1.165) is 47.2 Å². The van der Waals surface area contributed by atoms with Crippen LogP contribution in [-0.4, -0.2) is 50.0 Å². The second kappa shape index (κ2) is 8.15. The summed E-state index contributed by atoms with van der Waals surface area (Å²) >= 11 is 7.77. The molecule has 0 aliphatic carbocycles. The van der Waals surface area contributed by atoms with E-state index in [1.807, 2.05) is 49.9 Å². The summed E-state index contributed by atoms with van der Waals surface area (Å²) in [6.07, 6.45) is 3.31. The van der Waals surface area contributed by atoms with Gasteiger partial charge in [-0.25, -0.2) is 9.78 Å². The fourth-order valence-electron chi connectivity index (χ4n) is 4.65. The van der Waals surface area contributed by atoms with Crippen molar-refractivity contribution in [1.29, 1.82) is 0 Å². The maximum atomic E-state index is 12.6. The number of piperidine rings is 1. The summed E-state index contributed by atoms with van der Waals surface area (Å²) in [5.41, 5.74) is 3.78.